The van der Waals surface area contributed by atoms with Crippen molar-refractivity contribution in [2.24, 2.45) is 12.8 Å². The number of nitrogens with one attached hydrogen (secondary N) is 1. The van der Waals surface area contributed by atoms with Crippen LogP contribution >= 0.6 is 11.6 Å². The van der Waals surface area contributed by atoms with Gasteiger partial charge in [-0.3, -0.25) is 9.59 Å². The third-order valence-electron chi connectivity index (χ3n) is 4.16. The summed E-state index contributed by atoms with van der Waals surface area (Å²) in [5, 5.41) is 16.1. The van der Waals surface area contributed by atoms with Gasteiger partial charge in [0.25, 0.3) is 11.8 Å². The van der Waals surface area contributed by atoms with Crippen LogP contribution < -0.4 is 11.1 Å². The lowest BCUT2D eigenvalue weighted by Gasteiger charge is -2.10. The maximum Gasteiger partial charge on any atom is 0.388 e. The highest BCUT2D eigenvalue weighted by Crippen LogP contribution is 2.30. The Bertz CT molecular complexity index is 1210. The van der Waals surface area contributed by atoms with E-state index in [4.69, 9.17) is 17.3 Å². The highest BCUT2D eigenvalue weighted by Gasteiger charge is 2.23. The van der Waals surface area contributed by atoms with E-state index >= 15 is 0 Å². The molecule has 0 bridgehead atoms. The van der Waals surface area contributed by atoms with Gasteiger partial charge in [0, 0.05) is 13.5 Å². The molecule has 0 fully saturated rings. The fourth-order valence-corrected chi connectivity index (χ4v) is 2.64. The zero-order valence-corrected chi connectivity index (χ0v) is 18.3. The van der Waals surface area contributed by atoms with Crippen LogP contribution in [0.1, 0.15) is 34.3 Å². The molecule has 0 saturated heterocycles. The summed E-state index contributed by atoms with van der Waals surface area (Å²) < 4.78 is 61.7. The fraction of sp³-hybridized carbons (Fsp3) is 0.200. The van der Waals surface area contributed by atoms with E-state index in [-0.39, 0.29) is 27.9 Å². The minimum absolute atomic E-state index is 0.0680. The molecule has 3 aromatic rings. The number of phenolic OH excluding ortho intramolecular Hbond substituents is 1. The number of hydrogen-bond acceptors (Lipinski definition) is 5. The predicted octanol–water partition coefficient (Wildman–Crippen LogP) is 4.43. The number of aromatic hydroxyl groups is 1. The summed E-state index contributed by atoms with van der Waals surface area (Å²) in [7, 11) is 1.38. The molecule has 0 radical (unpaired) electrons. The number of nitrogens with zero attached hydrogens (tertiary/aromatic N) is 3. The van der Waals surface area contributed by atoms with Crippen molar-refractivity contribution in [2.45, 2.75) is 19.5 Å². The average molecular weight is 506 g/mol. The van der Waals surface area contributed by atoms with E-state index < -0.39 is 47.4 Å². The summed E-state index contributed by atoms with van der Waals surface area (Å²) in [6.45, 7) is 1.08. The maximum absolute atomic E-state index is 14.5. The number of primary amides is 1. The molecule has 2 aromatic carbocycles. The minimum atomic E-state index is -3.96. The molecule has 0 aliphatic rings. The summed E-state index contributed by atoms with van der Waals surface area (Å²) in [4.78, 5) is 27.4. The average Bonchev–Trinajstić information content (AvgIpc) is 3.13. The van der Waals surface area contributed by atoms with Gasteiger partial charge in [0.1, 0.15) is 17.4 Å². The monoisotopic (exact) mass is 505 g/mol. The molecule has 0 aliphatic carbocycles. The zero-order valence-electron chi connectivity index (χ0n) is 17.5. The minimum Gasteiger partial charge on any atom is -0.507 e. The summed E-state index contributed by atoms with van der Waals surface area (Å²) in [6.07, 6.45) is -4.69. The first-order valence-corrected chi connectivity index (χ1v) is 9.68. The molecular formula is C20H17ClF5N5O3. The number of aryl methyl sites for hydroxylation is 1. The van der Waals surface area contributed by atoms with Crippen molar-refractivity contribution in [1.82, 2.24) is 14.8 Å². The second-order valence-electron chi connectivity index (χ2n) is 6.62. The Morgan fingerprint density at radius 2 is 1.82 bits per heavy atom. The van der Waals surface area contributed by atoms with E-state index in [9.17, 15) is 36.6 Å². The topological polar surface area (TPSA) is 123 Å². The lowest BCUT2D eigenvalue weighted by Crippen LogP contribution is -2.16. The molecule has 4 N–H and O–H groups in total. The van der Waals surface area contributed by atoms with E-state index in [1.54, 1.807) is 0 Å². The predicted molar refractivity (Wildman–Crippen MR) is 112 cm³/mol. The first-order chi connectivity index (χ1) is 15.7. The van der Waals surface area contributed by atoms with Crippen molar-refractivity contribution >= 4 is 29.1 Å². The quantitative estimate of drug-likeness (QED) is 0.453. The van der Waals surface area contributed by atoms with Crippen LogP contribution in [0.4, 0.5) is 27.6 Å². The second-order valence-corrected chi connectivity index (χ2v) is 7.02. The Morgan fingerprint density at radius 3 is 2.32 bits per heavy atom. The first kappa shape index (κ1) is 26.5. The lowest BCUT2D eigenvalue weighted by atomic mass is 10.1. The van der Waals surface area contributed by atoms with Crippen LogP contribution in [0.15, 0.2) is 30.3 Å². The van der Waals surface area contributed by atoms with Gasteiger partial charge in [0.05, 0.1) is 21.8 Å². The van der Waals surface area contributed by atoms with Gasteiger partial charge in [0.2, 0.25) is 5.82 Å². The smallest absolute Gasteiger partial charge is 0.388 e. The Labute approximate surface area is 194 Å². The number of carbonyl (C=O) groups is 2. The largest absolute Gasteiger partial charge is 0.507 e. The number of amides is 2. The van der Waals surface area contributed by atoms with Crippen LogP contribution in [0.25, 0.3) is 11.4 Å². The molecule has 0 spiro atoms. The highest BCUT2D eigenvalue weighted by atomic mass is 35.5. The van der Waals surface area contributed by atoms with E-state index in [0.29, 0.717) is 0 Å². The number of benzene rings is 2. The lowest BCUT2D eigenvalue weighted by molar-refractivity contribution is -0.130. The Hall–Kier alpha value is -3.74. The van der Waals surface area contributed by atoms with Crippen LogP contribution in [0.5, 0.6) is 5.75 Å². The van der Waals surface area contributed by atoms with Gasteiger partial charge in [-0.15, -0.1) is 0 Å². The molecule has 2 amide bonds. The number of aromatic nitrogens is 3. The van der Waals surface area contributed by atoms with E-state index in [0.717, 1.165) is 29.8 Å². The molecule has 1 aromatic heterocycles. The molecule has 8 nitrogen and oxygen atoms in total. The van der Waals surface area contributed by atoms with Gasteiger partial charge < -0.3 is 16.2 Å². The van der Waals surface area contributed by atoms with Gasteiger partial charge in [-0.25, -0.2) is 18.4 Å². The van der Waals surface area contributed by atoms with Crippen molar-refractivity contribution in [1.29, 1.82) is 0 Å². The van der Waals surface area contributed by atoms with Gasteiger partial charge >= 0.3 is 6.18 Å². The van der Waals surface area contributed by atoms with Crippen molar-refractivity contribution in [3.63, 3.8) is 0 Å². The summed E-state index contributed by atoms with van der Waals surface area (Å²) in [6, 6.07) is 5.42. The van der Waals surface area contributed by atoms with Gasteiger partial charge in [0.15, 0.2) is 5.82 Å². The van der Waals surface area contributed by atoms with Gasteiger partial charge in [-0.2, -0.15) is 18.3 Å². The van der Waals surface area contributed by atoms with Crippen LogP contribution in [0, 0.1) is 11.6 Å². The molecule has 1 heterocycles. The fourth-order valence-electron chi connectivity index (χ4n) is 2.43. The van der Waals surface area contributed by atoms with Gasteiger partial charge in [-0.1, -0.05) is 24.6 Å². The number of halogens is 6. The van der Waals surface area contributed by atoms with Crippen LogP contribution in [-0.4, -0.2) is 37.9 Å². The zero-order chi connectivity index (χ0) is 25.8. The number of para-hydroxylation sites is 1. The Kier molecular flexibility index (Phi) is 8.16. The Balaban J connectivity index is 0.000000604. The molecule has 0 saturated carbocycles. The Morgan fingerprint density at radius 1 is 1.21 bits per heavy atom. The van der Waals surface area contributed by atoms with Crippen LogP contribution in [-0.2, 0) is 7.05 Å². The third kappa shape index (κ3) is 6.41. The van der Waals surface area contributed by atoms with Crippen molar-refractivity contribution in [2.75, 3.05) is 5.32 Å². The number of carbonyl (C=O) groups excluding carboxylic acids is 2. The summed E-state index contributed by atoms with van der Waals surface area (Å²) >= 11 is 5.83. The number of hydrogen-bond donors (Lipinski definition) is 3. The van der Waals surface area contributed by atoms with E-state index in [1.807, 2.05) is 0 Å². The maximum atomic E-state index is 14.5. The molecule has 0 unspecified atom stereocenters. The molecule has 3 rings (SSSR count). The van der Waals surface area contributed by atoms with Crippen molar-refractivity contribution in [3.8, 4) is 17.1 Å². The molecule has 182 valence electrons. The number of alkyl halides is 3. The van der Waals surface area contributed by atoms with E-state index in [2.05, 4.69) is 15.4 Å². The van der Waals surface area contributed by atoms with Crippen molar-refractivity contribution in [3.05, 3.63) is 58.4 Å². The third-order valence-corrected chi connectivity index (χ3v) is 4.47. The molecule has 14 heteroatoms. The molecule has 34 heavy (non-hydrogen) atoms. The van der Waals surface area contributed by atoms with Crippen molar-refractivity contribution < 1.29 is 36.6 Å². The second kappa shape index (κ2) is 10.5. The SMILES string of the molecule is CCC(F)(F)F.Cn1nc(-c2cc(O)c(C(=O)Nc3c(F)cccc3Cl)cc2F)nc1C(N)=O. The number of anilines is 1. The highest BCUT2D eigenvalue weighted by molar-refractivity contribution is 6.34. The van der Waals surface area contributed by atoms with Crippen LogP contribution in [0.3, 0.4) is 0 Å². The molecular weight excluding hydrogens is 489 g/mol. The summed E-state index contributed by atoms with van der Waals surface area (Å²) in [5.74, 6) is -4.66. The van der Waals surface area contributed by atoms with E-state index in [1.165, 1.54) is 19.2 Å². The normalized spacial score (nSPS) is 10.9. The van der Waals surface area contributed by atoms with Gasteiger partial charge in [-0.05, 0) is 24.3 Å². The number of phenols is 1. The molecule has 0 atom stereocenters. The first-order valence-electron chi connectivity index (χ1n) is 9.31. The number of rotatable bonds is 4. The van der Waals surface area contributed by atoms with Crippen LogP contribution in [0.2, 0.25) is 5.02 Å². The summed E-state index contributed by atoms with van der Waals surface area (Å²) in [5.41, 5.74) is 4.10. The standard InChI is InChI=1S/C17H12ClF2N5O3.C3H5F3/c1-25-16(14(21)27)23-15(24-25)7-6-12(26)8(5-11(7)20)17(28)22-13-9(18)3-2-4-10(13)19;1-2-3(4,5)6/h2-6,26H,1H3,(H2,21,27)(H,22,28);2H2,1H3. The number of nitrogens with two attached hydrogens (primary N) is 1. The molecule has 0 aliphatic heterocycles.